The van der Waals surface area contributed by atoms with Gasteiger partial charge in [0.25, 0.3) is 5.91 Å². The van der Waals surface area contributed by atoms with Crippen molar-refractivity contribution in [2.24, 2.45) is 5.92 Å². The van der Waals surface area contributed by atoms with E-state index in [0.717, 1.165) is 32.5 Å². The Morgan fingerprint density at radius 3 is 2.46 bits per heavy atom. The topological polar surface area (TPSA) is 78.4 Å². The average Bonchev–Trinajstić information content (AvgIpc) is 3.45. The van der Waals surface area contributed by atoms with Crippen LogP contribution >= 0.6 is 11.3 Å². The number of carbonyl (C=O) groups is 2. The molecular weight excluding hydrogens is 537 g/mol. The van der Waals surface area contributed by atoms with Crippen LogP contribution in [0.25, 0.3) is 32.2 Å². The molecule has 41 heavy (non-hydrogen) atoms. The van der Waals surface area contributed by atoms with Gasteiger partial charge in [0, 0.05) is 66.2 Å². The van der Waals surface area contributed by atoms with Gasteiger partial charge in [-0.1, -0.05) is 19.9 Å². The molecule has 1 aliphatic rings. The van der Waals surface area contributed by atoms with E-state index in [1.807, 2.05) is 62.7 Å². The Kier molecular flexibility index (Phi) is 7.13. The van der Waals surface area contributed by atoms with Crippen molar-refractivity contribution in [2.45, 2.75) is 20.8 Å². The molecule has 208 valence electrons. The third kappa shape index (κ3) is 5.25. The highest BCUT2D eigenvalue weighted by Gasteiger charge is 2.27. The quantitative estimate of drug-likeness (QED) is 0.258. The van der Waals surface area contributed by atoms with E-state index < -0.39 is 5.82 Å². The van der Waals surface area contributed by atoms with Crippen molar-refractivity contribution >= 4 is 55.6 Å². The van der Waals surface area contributed by atoms with Gasteiger partial charge in [0.15, 0.2) is 0 Å². The molecule has 5 aromatic rings. The molecule has 2 aromatic heterocycles. The van der Waals surface area contributed by atoms with Gasteiger partial charge in [-0.3, -0.25) is 14.6 Å². The number of carbonyl (C=O) groups excluding carboxylic acids is 2. The number of hydrogen-bond donors (Lipinski definition) is 1. The van der Waals surface area contributed by atoms with Gasteiger partial charge < -0.3 is 15.1 Å². The van der Waals surface area contributed by atoms with Crippen molar-refractivity contribution < 1.29 is 14.0 Å². The van der Waals surface area contributed by atoms with Gasteiger partial charge >= 0.3 is 0 Å². The molecule has 7 nitrogen and oxygen atoms in total. The van der Waals surface area contributed by atoms with Crippen LogP contribution in [0.4, 0.5) is 15.8 Å². The molecule has 0 unspecified atom stereocenters. The molecule has 0 spiro atoms. The zero-order chi connectivity index (χ0) is 28.7. The maximum absolute atomic E-state index is 15.6. The van der Waals surface area contributed by atoms with Crippen LogP contribution in [0.2, 0.25) is 0 Å². The fourth-order valence-corrected chi connectivity index (χ4v) is 6.03. The normalized spacial score (nSPS) is 13.8. The highest BCUT2D eigenvalue weighted by atomic mass is 32.1. The van der Waals surface area contributed by atoms with Crippen LogP contribution in [0.15, 0.2) is 66.3 Å². The maximum Gasteiger partial charge on any atom is 0.254 e. The highest BCUT2D eigenvalue weighted by molar-refractivity contribution is 7.16. The monoisotopic (exact) mass is 567 g/mol. The van der Waals surface area contributed by atoms with Crippen molar-refractivity contribution in [2.75, 3.05) is 31.5 Å². The van der Waals surface area contributed by atoms with Crippen LogP contribution in [0, 0.1) is 18.7 Å². The Hall–Kier alpha value is -4.37. The Bertz CT molecular complexity index is 1790. The molecule has 9 heteroatoms. The summed E-state index contributed by atoms with van der Waals surface area (Å²) in [5.41, 5.74) is 7.54. The molecule has 1 aliphatic heterocycles. The molecule has 1 saturated heterocycles. The number of nitrogens with one attached hydrogen (secondary N) is 1. The lowest BCUT2D eigenvalue weighted by Crippen LogP contribution is -2.51. The lowest BCUT2D eigenvalue weighted by atomic mass is 9.97. The van der Waals surface area contributed by atoms with E-state index in [0.29, 0.717) is 48.4 Å². The van der Waals surface area contributed by atoms with E-state index in [9.17, 15) is 9.59 Å². The predicted molar refractivity (Wildman–Crippen MR) is 162 cm³/mol. The van der Waals surface area contributed by atoms with Gasteiger partial charge in [-0.15, -0.1) is 11.3 Å². The summed E-state index contributed by atoms with van der Waals surface area (Å²) in [6.07, 6.45) is 1.75. The summed E-state index contributed by atoms with van der Waals surface area (Å²) in [6, 6.07) is 16.7. The van der Waals surface area contributed by atoms with E-state index in [-0.39, 0.29) is 17.7 Å². The molecule has 0 atom stereocenters. The van der Waals surface area contributed by atoms with E-state index in [4.69, 9.17) is 0 Å². The molecule has 3 heterocycles. The first-order chi connectivity index (χ1) is 19.8. The van der Waals surface area contributed by atoms with Gasteiger partial charge in [0.2, 0.25) is 5.91 Å². The summed E-state index contributed by atoms with van der Waals surface area (Å²) in [5.74, 6) is -0.654. The number of nitrogens with zero attached hydrogens (tertiary/aromatic N) is 4. The van der Waals surface area contributed by atoms with Crippen molar-refractivity contribution in [3.05, 3.63) is 83.2 Å². The number of pyridine rings is 1. The SMILES string of the molecule is Cc1cc(-c2ccc3nccc(Nc4ccc5ncsc5c4)c3c2)c(F)cc1C(=O)N1CCN(C(=O)C(C)C)CC1. The second kappa shape index (κ2) is 10.9. The summed E-state index contributed by atoms with van der Waals surface area (Å²) in [6.45, 7) is 7.43. The van der Waals surface area contributed by atoms with Crippen LogP contribution in [0.5, 0.6) is 0 Å². The molecule has 0 saturated carbocycles. The zero-order valence-electron chi connectivity index (χ0n) is 23.1. The molecule has 0 aliphatic carbocycles. The Morgan fingerprint density at radius 1 is 0.927 bits per heavy atom. The number of hydrogen-bond acceptors (Lipinski definition) is 6. The number of aromatic nitrogens is 2. The third-order valence-corrected chi connectivity index (χ3v) is 8.37. The third-order valence-electron chi connectivity index (χ3n) is 7.58. The number of thiazole rings is 1. The summed E-state index contributed by atoms with van der Waals surface area (Å²) in [7, 11) is 0. The number of halogens is 1. The first-order valence-corrected chi connectivity index (χ1v) is 14.5. The molecule has 0 bridgehead atoms. The highest BCUT2D eigenvalue weighted by Crippen LogP contribution is 2.33. The summed E-state index contributed by atoms with van der Waals surface area (Å²) in [4.78, 5) is 38.0. The zero-order valence-corrected chi connectivity index (χ0v) is 24.0. The molecular formula is C32H30FN5O2S. The second-order valence-corrected chi connectivity index (χ2v) is 11.6. The number of benzene rings is 3. The standard InChI is InChI=1S/C32H30FN5O2S/c1-19(2)31(39)37-10-12-38(13-11-37)32(40)23-17-26(33)24(14-20(23)3)21-4-6-27-25(15-21)28(8-9-34-27)36-22-5-7-29-30(16-22)41-18-35-29/h4-9,14-19H,10-13H2,1-3H3,(H,34,36). The van der Waals surface area contributed by atoms with Gasteiger partial charge in [0.1, 0.15) is 5.82 Å². The van der Waals surface area contributed by atoms with Crippen LogP contribution in [-0.2, 0) is 4.79 Å². The van der Waals surface area contributed by atoms with Crippen molar-refractivity contribution in [3.63, 3.8) is 0 Å². The van der Waals surface area contributed by atoms with E-state index in [2.05, 4.69) is 21.4 Å². The number of rotatable bonds is 5. The second-order valence-electron chi connectivity index (χ2n) is 10.7. The summed E-state index contributed by atoms with van der Waals surface area (Å²) in [5, 5.41) is 4.34. The van der Waals surface area contributed by atoms with Gasteiger partial charge in [0.05, 0.1) is 21.2 Å². The summed E-state index contributed by atoms with van der Waals surface area (Å²) < 4.78 is 16.7. The molecule has 3 aromatic carbocycles. The van der Waals surface area contributed by atoms with Gasteiger partial charge in [-0.25, -0.2) is 9.37 Å². The van der Waals surface area contributed by atoms with E-state index in [1.54, 1.807) is 33.4 Å². The van der Waals surface area contributed by atoms with Crippen LogP contribution in [0.1, 0.15) is 29.8 Å². The molecule has 1 fully saturated rings. The lowest BCUT2D eigenvalue weighted by molar-refractivity contribution is -0.135. The molecule has 1 N–H and O–H groups in total. The number of amides is 2. The number of anilines is 2. The minimum Gasteiger partial charge on any atom is -0.355 e. The Balaban J connectivity index is 1.26. The first-order valence-electron chi connectivity index (χ1n) is 13.7. The lowest BCUT2D eigenvalue weighted by Gasteiger charge is -2.35. The van der Waals surface area contributed by atoms with E-state index in [1.165, 1.54) is 6.07 Å². The first kappa shape index (κ1) is 26.8. The smallest absolute Gasteiger partial charge is 0.254 e. The fraction of sp³-hybridized carbons (Fsp3) is 0.250. The largest absolute Gasteiger partial charge is 0.355 e. The van der Waals surface area contributed by atoms with Crippen molar-refractivity contribution in [1.29, 1.82) is 0 Å². The van der Waals surface area contributed by atoms with Crippen LogP contribution < -0.4 is 5.32 Å². The fourth-order valence-electron chi connectivity index (χ4n) is 5.31. The Morgan fingerprint density at radius 2 is 1.68 bits per heavy atom. The van der Waals surface area contributed by atoms with Crippen LogP contribution in [0.3, 0.4) is 0 Å². The average molecular weight is 568 g/mol. The number of piperazine rings is 1. The Labute approximate surface area is 241 Å². The molecule has 2 amide bonds. The van der Waals surface area contributed by atoms with E-state index >= 15 is 4.39 Å². The molecule has 6 rings (SSSR count). The number of fused-ring (bicyclic) bond motifs is 2. The van der Waals surface area contributed by atoms with Gasteiger partial charge in [-0.2, -0.15) is 0 Å². The summed E-state index contributed by atoms with van der Waals surface area (Å²) >= 11 is 1.58. The van der Waals surface area contributed by atoms with Gasteiger partial charge in [-0.05, 0) is 66.6 Å². The maximum atomic E-state index is 15.6. The minimum atomic E-state index is -0.457. The molecule has 0 radical (unpaired) electrons. The van der Waals surface area contributed by atoms with Crippen LogP contribution in [-0.4, -0.2) is 57.8 Å². The predicted octanol–water partition coefficient (Wildman–Crippen LogP) is 6.64. The number of aryl methyl sites for hydroxylation is 1. The minimum absolute atomic E-state index is 0.0768. The van der Waals surface area contributed by atoms with Crippen molar-refractivity contribution in [3.8, 4) is 11.1 Å². The van der Waals surface area contributed by atoms with Crippen molar-refractivity contribution in [1.82, 2.24) is 19.8 Å².